The van der Waals surface area contributed by atoms with E-state index in [1.54, 1.807) is 29.2 Å². The molecular formula is C28H31ClN2O3. The van der Waals surface area contributed by atoms with Crippen LogP contribution in [-0.4, -0.2) is 29.9 Å². The fourth-order valence-corrected chi connectivity index (χ4v) is 3.87. The van der Waals surface area contributed by atoms with Crippen LogP contribution in [0.1, 0.15) is 43.4 Å². The van der Waals surface area contributed by atoms with Crippen molar-refractivity contribution in [3.8, 4) is 5.75 Å². The number of halogens is 1. The number of nitrogens with one attached hydrogen (secondary N) is 1. The third kappa shape index (κ3) is 7.35. The molecule has 0 radical (unpaired) electrons. The fraction of sp³-hybridized carbons (Fsp3) is 0.286. The molecule has 0 saturated heterocycles. The van der Waals surface area contributed by atoms with E-state index in [9.17, 15) is 9.59 Å². The summed E-state index contributed by atoms with van der Waals surface area (Å²) in [6, 6.07) is 25.2. The van der Waals surface area contributed by atoms with E-state index in [0.717, 1.165) is 30.4 Å². The molecule has 0 fully saturated rings. The zero-order valence-corrected chi connectivity index (χ0v) is 20.2. The van der Waals surface area contributed by atoms with Gasteiger partial charge in [-0.25, -0.2) is 0 Å². The van der Waals surface area contributed by atoms with Crippen LogP contribution in [0.5, 0.6) is 5.75 Å². The molecule has 0 spiro atoms. The Morgan fingerprint density at radius 2 is 1.56 bits per heavy atom. The molecular weight excluding hydrogens is 448 g/mol. The summed E-state index contributed by atoms with van der Waals surface area (Å²) >= 11 is 6.19. The lowest BCUT2D eigenvalue weighted by Gasteiger charge is -2.31. The summed E-state index contributed by atoms with van der Waals surface area (Å²) in [5.41, 5.74) is 1.67. The van der Waals surface area contributed by atoms with Crippen LogP contribution in [-0.2, 0) is 16.1 Å². The van der Waals surface area contributed by atoms with Crippen molar-refractivity contribution < 1.29 is 14.3 Å². The maximum absolute atomic E-state index is 13.5. The van der Waals surface area contributed by atoms with E-state index >= 15 is 0 Å². The molecule has 1 N–H and O–H groups in total. The number of hydrogen-bond donors (Lipinski definition) is 1. The van der Waals surface area contributed by atoms with Crippen LogP contribution in [0, 0.1) is 0 Å². The number of carbonyl (C=O) groups excluding carboxylic acids is 2. The number of ether oxygens (including phenoxy) is 1. The number of hydrogen-bond acceptors (Lipinski definition) is 3. The predicted molar refractivity (Wildman–Crippen MR) is 136 cm³/mol. The van der Waals surface area contributed by atoms with E-state index in [4.69, 9.17) is 16.3 Å². The van der Waals surface area contributed by atoms with Gasteiger partial charge in [-0.2, -0.15) is 0 Å². The SMILES string of the molecule is CCCCCNC(=O)[C@H](c1ccccc1)N(Cc1ccccc1)C(=O)COc1ccccc1Cl. The second-order valence-corrected chi connectivity index (χ2v) is 8.44. The number of unbranched alkanes of at least 4 members (excludes halogenated alkanes) is 2. The van der Waals surface area contributed by atoms with E-state index in [1.807, 2.05) is 60.7 Å². The summed E-state index contributed by atoms with van der Waals surface area (Å²) in [7, 11) is 0. The number of carbonyl (C=O) groups is 2. The Balaban J connectivity index is 1.88. The molecule has 178 valence electrons. The molecule has 0 bridgehead atoms. The van der Waals surface area contributed by atoms with Crippen LogP contribution in [0.25, 0.3) is 0 Å². The molecule has 3 rings (SSSR count). The first-order valence-electron chi connectivity index (χ1n) is 11.6. The van der Waals surface area contributed by atoms with Crippen molar-refractivity contribution in [2.75, 3.05) is 13.2 Å². The lowest BCUT2D eigenvalue weighted by Crippen LogP contribution is -2.45. The summed E-state index contributed by atoms with van der Waals surface area (Å²) in [4.78, 5) is 28.5. The van der Waals surface area contributed by atoms with Crippen molar-refractivity contribution in [2.24, 2.45) is 0 Å². The lowest BCUT2D eigenvalue weighted by atomic mass is 10.0. The zero-order chi connectivity index (χ0) is 24.2. The molecule has 0 aliphatic carbocycles. The van der Waals surface area contributed by atoms with Gasteiger partial charge in [0, 0.05) is 13.1 Å². The summed E-state index contributed by atoms with van der Waals surface area (Å²) in [6.07, 6.45) is 3.00. The third-order valence-corrected chi connectivity index (χ3v) is 5.77. The van der Waals surface area contributed by atoms with Crippen LogP contribution in [0.15, 0.2) is 84.9 Å². The van der Waals surface area contributed by atoms with Crippen molar-refractivity contribution in [3.63, 3.8) is 0 Å². The lowest BCUT2D eigenvalue weighted by molar-refractivity contribution is -0.143. The molecule has 3 aromatic carbocycles. The molecule has 0 aliphatic rings. The third-order valence-electron chi connectivity index (χ3n) is 5.46. The molecule has 34 heavy (non-hydrogen) atoms. The quantitative estimate of drug-likeness (QED) is 0.335. The molecule has 0 unspecified atom stereocenters. The standard InChI is InChI=1S/C28H31ClN2O3/c1-2-3-12-19-30-28(33)27(23-15-8-5-9-16-23)31(20-22-13-6-4-7-14-22)26(32)21-34-25-18-11-10-17-24(25)29/h4-11,13-18,27H,2-3,12,19-21H2,1H3,(H,30,33)/t27-/m0/s1. The molecule has 6 heteroatoms. The van der Waals surface area contributed by atoms with Crippen LogP contribution in [0.2, 0.25) is 5.02 Å². The number of para-hydroxylation sites is 1. The molecule has 0 saturated carbocycles. The number of benzene rings is 3. The van der Waals surface area contributed by atoms with Crippen LogP contribution in [0.4, 0.5) is 0 Å². The van der Waals surface area contributed by atoms with E-state index < -0.39 is 6.04 Å². The van der Waals surface area contributed by atoms with Crippen molar-refractivity contribution in [1.82, 2.24) is 10.2 Å². The van der Waals surface area contributed by atoms with Gasteiger partial charge in [-0.15, -0.1) is 0 Å². The average molecular weight is 479 g/mol. The predicted octanol–water partition coefficient (Wildman–Crippen LogP) is 5.80. The van der Waals surface area contributed by atoms with Gasteiger partial charge in [0.2, 0.25) is 5.91 Å². The van der Waals surface area contributed by atoms with Crippen LogP contribution in [0.3, 0.4) is 0 Å². The van der Waals surface area contributed by atoms with Crippen molar-refractivity contribution in [3.05, 3.63) is 101 Å². The molecule has 3 aromatic rings. The summed E-state index contributed by atoms with van der Waals surface area (Å²) in [5.74, 6) is -0.0804. The van der Waals surface area contributed by atoms with E-state index in [-0.39, 0.29) is 25.0 Å². The van der Waals surface area contributed by atoms with Gasteiger partial charge >= 0.3 is 0 Å². The van der Waals surface area contributed by atoms with Gasteiger partial charge in [0.25, 0.3) is 5.91 Å². The highest BCUT2D eigenvalue weighted by Crippen LogP contribution is 2.26. The van der Waals surface area contributed by atoms with Gasteiger partial charge in [0.1, 0.15) is 11.8 Å². The smallest absolute Gasteiger partial charge is 0.261 e. The molecule has 0 heterocycles. The van der Waals surface area contributed by atoms with Crippen LogP contribution >= 0.6 is 11.6 Å². The minimum atomic E-state index is -0.787. The Morgan fingerprint density at radius 3 is 2.24 bits per heavy atom. The number of rotatable bonds is 12. The first kappa shape index (κ1) is 25.3. The van der Waals surface area contributed by atoms with Crippen molar-refractivity contribution in [1.29, 1.82) is 0 Å². The first-order chi connectivity index (χ1) is 16.6. The molecule has 0 aromatic heterocycles. The minimum absolute atomic E-state index is 0.204. The zero-order valence-electron chi connectivity index (χ0n) is 19.5. The summed E-state index contributed by atoms with van der Waals surface area (Å²) < 4.78 is 5.74. The van der Waals surface area contributed by atoms with Gasteiger partial charge in [-0.05, 0) is 29.7 Å². The highest BCUT2D eigenvalue weighted by molar-refractivity contribution is 6.32. The molecule has 2 amide bonds. The van der Waals surface area contributed by atoms with Gasteiger partial charge in [-0.1, -0.05) is 104 Å². The Bertz CT molecular complexity index is 1040. The van der Waals surface area contributed by atoms with Gasteiger partial charge in [0.15, 0.2) is 6.61 Å². The van der Waals surface area contributed by atoms with E-state index in [2.05, 4.69) is 12.2 Å². The largest absolute Gasteiger partial charge is 0.482 e. The second-order valence-electron chi connectivity index (χ2n) is 8.04. The topological polar surface area (TPSA) is 58.6 Å². The van der Waals surface area contributed by atoms with Gasteiger partial charge in [-0.3, -0.25) is 9.59 Å². The Kier molecular flexibility index (Phi) is 9.98. The Labute approximate surface area is 206 Å². The Morgan fingerprint density at radius 1 is 0.912 bits per heavy atom. The number of nitrogens with zero attached hydrogens (tertiary/aromatic N) is 1. The summed E-state index contributed by atoms with van der Waals surface area (Å²) in [5, 5.41) is 3.45. The minimum Gasteiger partial charge on any atom is -0.482 e. The molecule has 1 atom stereocenters. The summed E-state index contributed by atoms with van der Waals surface area (Å²) in [6.45, 7) is 2.73. The normalized spacial score (nSPS) is 11.5. The maximum atomic E-state index is 13.5. The maximum Gasteiger partial charge on any atom is 0.261 e. The van der Waals surface area contributed by atoms with E-state index in [1.165, 1.54) is 0 Å². The number of amides is 2. The first-order valence-corrected chi connectivity index (χ1v) is 12.0. The second kappa shape index (κ2) is 13.4. The van der Waals surface area contributed by atoms with Gasteiger partial charge in [0.05, 0.1) is 5.02 Å². The van der Waals surface area contributed by atoms with Crippen molar-refractivity contribution in [2.45, 2.75) is 38.8 Å². The Hall–Kier alpha value is -3.31. The van der Waals surface area contributed by atoms with Crippen molar-refractivity contribution >= 4 is 23.4 Å². The molecule has 0 aliphatic heterocycles. The fourth-order valence-electron chi connectivity index (χ4n) is 3.68. The average Bonchev–Trinajstić information content (AvgIpc) is 2.87. The monoisotopic (exact) mass is 478 g/mol. The highest BCUT2D eigenvalue weighted by Gasteiger charge is 2.31. The molecule has 5 nitrogen and oxygen atoms in total. The van der Waals surface area contributed by atoms with Crippen LogP contribution < -0.4 is 10.1 Å². The highest BCUT2D eigenvalue weighted by atomic mass is 35.5. The van der Waals surface area contributed by atoms with E-state index in [0.29, 0.717) is 17.3 Å². The van der Waals surface area contributed by atoms with Gasteiger partial charge < -0.3 is 15.0 Å².